The van der Waals surface area contributed by atoms with Gasteiger partial charge in [-0.05, 0) is 32.7 Å². The minimum atomic E-state index is 0.769. The fourth-order valence-electron chi connectivity index (χ4n) is 2.37. The number of nitrogens with one attached hydrogen (secondary N) is 1. The first-order chi connectivity index (χ1) is 6.34. The van der Waals surface area contributed by atoms with Crippen molar-refractivity contribution >= 4 is 0 Å². The van der Waals surface area contributed by atoms with Gasteiger partial charge in [0, 0.05) is 25.7 Å². The van der Waals surface area contributed by atoms with Crippen molar-refractivity contribution in [1.82, 2.24) is 10.2 Å². The lowest BCUT2D eigenvalue weighted by Gasteiger charge is -2.28. The molecule has 74 valence electrons. The van der Waals surface area contributed by atoms with Gasteiger partial charge in [0.25, 0.3) is 0 Å². The molecule has 0 radical (unpaired) electrons. The molecular weight excluding hydrogens is 160 g/mol. The lowest BCUT2D eigenvalue weighted by molar-refractivity contribution is 0.263. The van der Waals surface area contributed by atoms with Crippen molar-refractivity contribution in [3.63, 3.8) is 0 Å². The Kier molecular flexibility index (Phi) is 3.01. The first-order valence-corrected chi connectivity index (χ1v) is 5.46. The molecule has 0 aromatic rings. The molecule has 1 N–H and O–H groups in total. The maximum absolute atomic E-state index is 3.56. The largest absolute Gasteiger partial charge is 0.313 e. The molecule has 0 aromatic carbocycles. The summed E-state index contributed by atoms with van der Waals surface area (Å²) in [6.45, 7) is 7.18. The lowest BCUT2D eigenvalue weighted by Crippen LogP contribution is -2.39. The Morgan fingerprint density at radius 3 is 3.23 bits per heavy atom. The molecule has 2 aliphatic heterocycles. The summed E-state index contributed by atoms with van der Waals surface area (Å²) in [5.74, 6) is 0. The van der Waals surface area contributed by atoms with E-state index in [0.29, 0.717) is 0 Å². The van der Waals surface area contributed by atoms with Gasteiger partial charge in [0.2, 0.25) is 0 Å². The second-order valence-corrected chi connectivity index (χ2v) is 4.37. The van der Waals surface area contributed by atoms with Crippen LogP contribution < -0.4 is 5.32 Å². The van der Waals surface area contributed by atoms with Crippen LogP contribution in [0.3, 0.4) is 0 Å². The summed E-state index contributed by atoms with van der Waals surface area (Å²) < 4.78 is 0. The van der Waals surface area contributed by atoms with Crippen LogP contribution in [0, 0.1) is 0 Å². The molecule has 0 amide bonds. The maximum Gasteiger partial charge on any atom is 0.0195 e. The zero-order valence-corrected chi connectivity index (χ0v) is 8.55. The van der Waals surface area contributed by atoms with E-state index in [4.69, 9.17) is 0 Å². The Labute approximate surface area is 81.0 Å². The van der Waals surface area contributed by atoms with Gasteiger partial charge in [0.1, 0.15) is 0 Å². The van der Waals surface area contributed by atoms with Gasteiger partial charge in [-0.1, -0.05) is 11.6 Å². The second-order valence-electron chi connectivity index (χ2n) is 4.37. The molecule has 2 heterocycles. The molecule has 0 aromatic heterocycles. The van der Waals surface area contributed by atoms with E-state index in [1.165, 1.54) is 45.4 Å². The molecule has 1 unspecified atom stereocenters. The molecule has 1 saturated heterocycles. The van der Waals surface area contributed by atoms with Crippen LogP contribution >= 0.6 is 0 Å². The van der Waals surface area contributed by atoms with E-state index in [9.17, 15) is 0 Å². The maximum atomic E-state index is 3.56. The molecule has 2 rings (SSSR count). The smallest absolute Gasteiger partial charge is 0.0195 e. The van der Waals surface area contributed by atoms with Gasteiger partial charge in [0.15, 0.2) is 0 Å². The van der Waals surface area contributed by atoms with Crippen LogP contribution in [0.5, 0.6) is 0 Å². The summed E-state index contributed by atoms with van der Waals surface area (Å²) in [7, 11) is 0. The first kappa shape index (κ1) is 9.22. The highest BCUT2D eigenvalue weighted by Gasteiger charge is 2.18. The van der Waals surface area contributed by atoms with Crippen LogP contribution in [-0.4, -0.2) is 37.1 Å². The molecule has 2 heteroatoms. The molecule has 2 aliphatic rings. The molecule has 1 atom stereocenters. The van der Waals surface area contributed by atoms with E-state index in [1.807, 2.05) is 0 Å². The molecule has 13 heavy (non-hydrogen) atoms. The Balaban J connectivity index is 1.78. The minimum absolute atomic E-state index is 0.769. The molecule has 0 saturated carbocycles. The van der Waals surface area contributed by atoms with Gasteiger partial charge in [-0.25, -0.2) is 0 Å². The molecule has 0 aliphatic carbocycles. The number of hydrogen-bond acceptors (Lipinski definition) is 2. The van der Waals surface area contributed by atoms with Crippen LogP contribution in [0.4, 0.5) is 0 Å². The van der Waals surface area contributed by atoms with E-state index in [-0.39, 0.29) is 0 Å². The van der Waals surface area contributed by atoms with E-state index in [1.54, 1.807) is 5.57 Å². The van der Waals surface area contributed by atoms with Crippen molar-refractivity contribution < 1.29 is 0 Å². The Morgan fingerprint density at radius 2 is 2.54 bits per heavy atom. The molecule has 0 bridgehead atoms. The lowest BCUT2D eigenvalue weighted by atomic mass is 10.1. The van der Waals surface area contributed by atoms with Crippen LogP contribution in [0.2, 0.25) is 0 Å². The standard InChI is InChI=1S/C11H20N2/c1-10-4-3-7-13(8-10)9-11-5-2-6-12-11/h4,11-12H,2-3,5-9H2,1H3. The topological polar surface area (TPSA) is 15.3 Å². The summed E-state index contributed by atoms with van der Waals surface area (Å²) in [6, 6.07) is 0.769. The van der Waals surface area contributed by atoms with Crippen LogP contribution in [-0.2, 0) is 0 Å². The summed E-state index contributed by atoms with van der Waals surface area (Å²) in [5.41, 5.74) is 1.55. The summed E-state index contributed by atoms with van der Waals surface area (Å²) in [6.07, 6.45) is 6.36. The van der Waals surface area contributed by atoms with Gasteiger partial charge in [-0.15, -0.1) is 0 Å². The molecule has 0 spiro atoms. The highest BCUT2D eigenvalue weighted by molar-refractivity contribution is 5.04. The number of rotatable bonds is 2. The first-order valence-electron chi connectivity index (χ1n) is 5.46. The van der Waals surface area contributed by atoms with Gasteiger partial charge >= 0.3 is 0 Å². The van der Waals surface area contributed by atoms with Crippen LogP contribution in [0.1, 0.15) is 26.2 Å². The van der Waals surface area contributed by atoms with E-state index < -0.39 is 0 Å². The Morgan fingerprint density at radius 1 is 1.62 bits per heavy atom. The fourth-order valence-corrected chi connectivity index (χ4v) is 2.37. The number of hydrogen-bond donors (Lipinski definition) is 1. The third kappa shape index (κ3) is 2.55. The minimum Gasteiger partial charge on any atom is -0.313 e. The molecular formula is C11H20N2. The normalized spacial score (nSPS) is 30.5. The van der Waals surface area contributed by atoms with Crippen LogP contribution in [0.25, 0.3) is 0 Å². The van der Waals surface area contributed by atoms with Crippen LogP contribution in [0.15, 0.2) is 11.6 Å². The quantitative estimate of drug-likeness (QED) is 0.646. The SMILES string of the molecule is CC1=CCCN(CC2CCCN2)C1. The zero-order valence-electron chi connectivity index (χ0n) is 8.55. The van der Waals surface area contributed by atoms with Gasteiger partial charge in [0.05, 0.1) is 0 Å². The molecule has 2 nitrogen and oxygen atoms in total. The van der Waals surface area contributed by atoms with Crippen molar-refractivity contribution in [1.29, 1.82) is 0 Å². The third-order valence-electron chi connectivity index (χ3n) is 3.05. The van der Waals surface area contributed by atoms with E-state index in [2.05, 4.69) is 23.2 Å². The monoisotopic (exact) mass is 180 g/mol. The number of nitrogens with zero attached hydrogens (tertiary/aromatic N) is 1. The van der Waals surface area contributed by atoms with Crippen molar-refractivity contribution in [3.8, 4) is 0 Å². The van der Waals surface area contributed by atoms with E-state index in [0.717, 1.165) is 6.04 Å². The Hall–Kier alpha value is -0.340. The second kappa shape index (κ2) is 4.25. The van der Waals surface area contributed by atoms with Crippen molar-refractivity contribution in [2.75, 3.05) is 26.2 Å². The zero-order chi connectivity index (χ0) is 9.10. The summed E-state index contributed by atoms with van der Waals surface area (Å²) in [4.78, 5) is 2.58. The predicted octanol–water partition coefficient (Wildman–Crippen LogP) is 1.39. The van der Waals surface area contributed by atoms with Crippen molar-refractivity contribution in [3.05, 3.63) is 11.6 Å². The fraction of sp³-hybridized carbons (Fsp3) is 0.818. The predicted molar refractivity (Wildman–Crippen MR) is 55.8 cm³/mol. The summed E-state index contributed by atoms with van der Waals surface area (Å²) in [5, 5.41) is 3.56. The summed E-state index contributed by atoms with van der Waals surface area (Å²) >= 11 is 0. The average molecular weight is 180 g/mol. The average Bonchev–Trinajstić information content (AvgIpc) is 2.57. The van der Waals surface area contributed by atoms with Gasteiger partial charge in [-0.3, -0.25) is 4.90 Å². The highest BCUT2D eigenvalue weighted by Crippen LogP contribution is 2.12. The van der Waals surface area contributed by atoms with Gasteiger partial charge in [-0.2, -0.15) is 0 Å². The third-order valence-corrected chi connectivity index (χ3v) is 3.05. The van der Waals surface area contributed by atoms with E-state index >= 15 is 0 Å². The van der Waals surface area contributed by atoms with Crippen molar-refractivity contribution in [2.45, 2.75) is 32.2 Å². The highest BCUT2D eigenvalue weighted by atomic mass is 15.2. The Bertz CT molecular complexity index is 192. The molecule has 1 fully saturated rings. The van der Waals surface area contributed by atoms with Gasteiger partial charge < -0.3 is 5.32 Å². The van der Waals surface area contributed by atoms with Crippen molar-refractivity contribution in [2.24, 2.45) is 0 Å².